The second-order valence-electron chi connectivity index (χ2n) is 5.20. The molecule has 0 fully saturated rings. The Hall–Kier alpha value is -1.68. The first-order chi connectivity index (χ1) is 11.5. The molecule has 25 heavy (non-hydrogen) atoms. The van der Waals surface area contributed by atoms with E-state index < -0.39 is 16.1 Å². The molecule has 0 saturated heterocycles. The number of carbonyl (C=O) groups is 2. The summed E-state index contributed by atoms with van der Waals surface area (Å²) >= 11 is 5.72. The van der Waals surface area contributed by atoms with Gasteiger partial charge in [-0.1, -0.05) is 23.7 Å². The lowest BCUT2D eigenvalue weighted by Crippen LogP contribution is -2.22. The molecule has 1 aromatic rings. The van der Waals surface area contributed by atoms with E-state index in [2.05, 4.69) is 5.32 Å². The van der Waals surface area contributed by atoms with Crippen molar-refractivity contribution in [1.29, 1.82) is 0 Å². The fraction of sp³-hybridized carbons (Fsp3) is 0.467. The zero-order valence-corrected chi connectivity index (χ0v) is 15.4. The van der Waals surface area contributed by atoms with Gasteiger partial charge in [0.1, 0.15) is 0 Å². The standard InChI is InChI=1S/C10H12ClNO2.C5H11NO4S/c11-9-3-1-7(2-4-9)8(6-12)5-10(13)14;1-5(7)6-3-2-4-11(8,9)10/h1-4,8H,5-6,12H2,(H,13,14);2-4H2,1H3,(H,6,7)(H,8,9,10). The summed E-state index contributed by atoms with van der Waals surface area (Å²) in [7, 11) is -3.87. The quantitative estimate of drug-likeness (QED) is 0.383. The van der Waals surface area contributed by atoms with E-state index in [1.807, 2.05) is 12.1 Å². The van der Waals surface area contributed by atoms with E-state index in [1.54, 1.807) is 12.1 Å². The Balaban J connectivity index is 0.000000477. The predicted octanol–water partition coefficient (Wildman–Crippen LogP) is 1.26. The fourth-order valence-corrected chi connectivity index (χ4v) is 2.44. The number of rotatable bonds is 8. The Bertz CT molecular complexity index is 648. The number of carboxylic acid groups (broad SMARTS) is 1. The molecule has 0 aliphatic carbocycles. The van der Waals surface area contributed by atoms with Crippen molar-refractivity contribution in [1.82, 2.24) is 5.32 Å². The van der Waals surface area contributed by atoms with E-state index in [-0.39, 0.29) is 37.0 Å². The van der Waals surface area contributed by atoms with E-state index in [9.17, 15) is 18.0 Å². The van der Waals surface area contributed by atoms with Gasteiger partial charge in [0.2, 0.25) is 5.91 Å². The number of amides is 1. The molecule has 1 unspecified atom stereocenters. The van der Waals surface area contributed by atoms with Crippen molar-refractivity contribution in [3.63, 3.8) is 0 Å². The Labute approximate surface area is 152 Å². The van der Waals surface area contributed by atoms with Gasteiger partial charge < -0.3 is 16.2 Å². The third-order valence-electron chi connectivity index (χ3n) is 3.00. The van der Waals surface area contributed by atoms with Crippen molar-refractivity contribution in [2.45, 2.75) is 25.7 Å². The van der Waals surface area contributed by atoms with Gasteiger partial charge in [0.25, 0.3) is 10.1 Å². The number of hydrogen-bond acceptors (Lipinski definition) is 5. The van der Waals surface area contributed by atoms with Gasteiger partial charge in [-0.3, -0.25) is 14.1 Å². The SMILES string of the molecule is CC(=O)NCCCS(=O)(=O)O.NCC(CC(=O)O)c1ccc(Cl)cc1. The molecule has 0 bridgehead atoms. The lowest BCUT2D eigenvalue weighted by atomic mass is 9.96. The van der Waals surface area contributed by atoms with Crippen LogP contribution in [0.3, 0.4) is 0 Å². The first-order valence-electron chi connectivity index (χ1n) is 7.42. The van der Waals surface area contributed by atoms with Gasteiger partial charge in [0.15, 0.2) is 0 Å². The van der Waals surface area contributed by atoms with Gasteiger partial charge in [-0.05, 0) is 30.7 Å². The smallest absolute Gasteiger partial charge is 0.304 e. The lowest BCUT2D eigenvalue weighted by Gasteiger charge is -2.12. The molecule has 0 aliphatic heterocycles. The summed E-state index contributed by atoms with van der Waals surface area (Å²) in [5.74, 6) is -1.49. The molecular formula is C15H23ClN2O6S. The minimum atomic E-state index is -3.87. The normalized spacial score (nSPS) is 11.8. The molecule has 142 valence electrons. The molecule has 0 heterocycles. The van der Waals surface area contributed by atoms with Crippen molar-refractivity contribution in [2.75, 3.05) is 18.8 Å². The molecule has 1 atom stereocenters. The Kier molecular flexibility index (Phi) is 11.0. The zero-order chi connectivity index (χ0) is 19.5. The van der Waals surface area contributed by atoms with Crippen molar-refractivity contribution in [3.05, 3.63) is 34.9 Å². The van der Waals surface area contributed by atoms with Crippen LogP contribution in [0.2, 0.25) is 5.02 Å². The molecule has 1 amide bonds. The summed E-state index contributed by atoms with van der Waals surface area (Å²) in [5.41, 5.74) is 6.41. The molecule has 0 radical (unpaired) electrons. The monoisotopic (exact) mass is 394 g/mol. The Morgan fingerprint density at radius 1 is 1.28 bits per heavy atom. The van der Waals surface area contributed by atoms with Crippen LogP contribution in [0.5, 0.6) is 0 Å². The van der Waals surface area contributed by atoms with E-state index in [0.717, 1.165) is 5.56 Å². The Morgan fingerprint density at radius 3 is 2.24 bits per heavy atom. The first-order valence-corrected chi connectivity index (χ1v) is 9.40. The second-order valence-corrected chi connectivity index (χ2v) is 7.21. The summed E-state index contributed by atoms with van der Waals surface area (Å²) in [6.07, 6.45) is 0.288. The van der Waals surface area contributed by atoms with Crippen LogP contribution in [0.25, 0.3) is 0 Å². The van der Waals surface area contributed by atoms with Gasteiger partial charge in [-0.2, -0.15) is 8.42 Å². The van der Waals surface area contributed by atoms with E-state index in [1.165, 1.54) is 6.92 Å². The Morgan fingerprint density at radius 2 is 1.84 bits per heavy atom. The number of carbonyl (C=O) groups excluding carboxylic acids is 1. The highest BCUT2D eigenvalue weighted by atomic mass is 35.5. The molecule has 0 spiro atoms. The maximum Gasteiger partial charge on any atom is 0.304 e. The van der Waals surface area contributed by atoms with Crippen molar-refractivity contribution in [3.8, 4) is 0 Å². The molecule has 1 rings (SSSR count). The molecule has 0 saturated carbocycles. The molecule has 10 heteroatoms. The summed E-state index contributed by atoms with van der Waals surface area (Å²) in [6.45, 7) is 1.94. The van der Waals surface area contributed by atoms with Gasteiger partial charge in [0, 0.05) is 24.4 Å². The van der Waals surface area contributed by atoms with Crippen molar-refractivity contribution < 1.29 is 27.7 Å². The van der Waals surface area contributed by atoms with Crippen LogP contribution in [0.1, 0.15) is 31.2 Å². The topological polar surface area (TPSA) is 147 Å². The van der Waals surface area contributed by atoms with Crippen molar-refractivity contribution in [2.24, 2.45) is 5.73 Å². The van der Waals surface area contributed by atoms with E-state index >= 15 is 0 Å². The number of halogens is 1. The van der Waals surface area contributed by atoms with Gasteiger partial charge >= 0.3 is 5.97 Å². The largest absolute Gasteiger partial charge is 0.481 e. The minimum Gasteiger partial charge on any atom is -0.481 e. The molecule has 0 aromatic heterocycles. The fourth-order valence-electron chi connectivity index (χ4n) is 1.80. The van der Waals surface area contributed by atoms with Crippen LogP contribution in [0.15, 0.2) is 24.3 Å². The first kappa shape index (κ1) is 23.3. The number of nitrogens with one attached hydrogen (secondary N) is 1. The zero-order valence-electron chi connectivity index (χ0n) is 13.8. The van der Waals surface area contributed by atoms with Gasteiger partial charge in [-0.25, -0.2) is 0 Å². The van der Waals surface area contributed by atoms with Crippen LogP contribution in [-0.4, -0.2) is 48.8 Å². The second kappa shape index (κ2) is 11.8. The van der Waals surface area contributed by atoms with Crippen LogP contribution >= 0.6 is 11.6 Å². The molecule has 0 aliphatic rings. The predicted molar refractivity (Wildman–Crippen MR) is 95.2 cm³/mol. The maximum atomic E-state index is 10.5. The number of hydrogen-bond donors (Lipinski definition) is 4. The van der Waals surface area contributed by atoms with Crippen LogP contribution < -0.4 is 11.1 Å². The summed E-state index contributed by atoms with van der Waals surface area (Å²) in [5, 5.41) is 11.7. The van der Waals surface area contributed by atoms with Gasteiger partial charge in [0.05, 0.1) is 12.2 Å². The summed E-state index contributed by atoms with van der Waals surface area (Å²) < 4.78 is 28.5. The third-order valence-corrected chi connectivity index (χ3v) is 4.06. The third kappa shape index (κ3) is 13.3. The number of aliphatic carboxylic acids is 1. The number of carboxylic acids is 1. The summed E-state index contributed by atoms with van der Waals surface area (Å²) in [4.78, 5) is 20.8. The highest BCUT2D eigenvalue weighted by Gasteiger charge is 2.13. The van der Waals surface area contributed by atoms with Crippen molar-refractivity contribution >= 4 is 33.6 Å². The number of benzene rings is 1. The average Bonchev–Trinajstić information content (AvgIpc) is 2.49. The molecule has 1 aromatic carbocycles. The molecule has 8 nitrogen and oxygen atoms in total. The van der Waals surface area contributed by atoms with Crippen LogP contribution in [0.4, 0.5) is 0 Å². The highest BCUT2D eigenvalue weighted by Crippen LogP contribution is 2.20. The van der Waals surface area contributed by atoms with E-state index in [4.69, 9.17) is 27.0 Å². The van der Waals surface area contributed by atoms with Crippen LogP contribution in [0, 0.1) is 0 Å². The lowest BCUT2D eigenvalue weighted by molar-refractivity contribution is -0.137. The highest BCUT2D eigenvalue weighted by molar-refractivity contribution is 7.85. The summed E-state index contributed by atoms with van der Waals surface area (Å²) in [6, 6.07) is 7.09. The minimum absolute atomic E-state index is 0.0537. The maximum absolute atomic E-state index is 10.5. The molecular weight excluding hydrogens is 372 g/mol. The number of nitrogens with two attached hydrogens (primary N) is 1. The van der Waals surface area contributed by atoms with E-state index in [0.29, 0.717) is 11.6 Å². The molecule has 5 N–H and O–H groups in total. The van der Waals surface area contributed by atoms with Gasteiger partial charge in [-0.15, -0.1) is 0 Å². The average molecular weight is 395 g/mol. The van der Waals surface area contributed by atoms with Crippen LogP contribution in [-0.2, 0) is 19.7 Å².